The summed E-state index contributed by atoms with van der Waals surface area (Å²) in [6.07, 6.45) is 2.17. The highest BCUT2D eigenvalue weighted by Crippen LogP contribution is 2.21. The molecule has 2 rings (SSSR count). The number of nitrogens with two attached hydrogens (primary N) is 1. The molecule has 0 aliphatic rings. The van der Waals surface area contributed by atoms with Crippen molar-refractivity contribution in [3.63, 3.8) is 0 Å². The number of nitrogen functional groups attached to an aromatic ring is 1. The second-order valence-electron chi connectivity index (χ2n) is 4.69. The fourth-order valence-electron chi connectivity index (χ4n) is 2.04. The molecule has 7 heteroatoms. The molecule has 0 saturated heterocycles. The van der Waals surface area contributed by atoms with Crippen molar-refractivity contribution in [2.75, 3.05) is 5.73 Å². The van der Waals surface area contributed by atoms with Gasteiger partial charge in [0.1, 0.15) is 5.69 Å². The Hall–Kier alpha value is -1.53. The van der Waals surface area contributed by atoms with Crippen LogP contribution in [-0.4, -0.2) is 9.13 Å². The molecule has 0 aliphatic heterocycles. The molecule has 21 heavy (non-hydrogen) atoms. The van der Waals surface area contributed by atoms with Crippen molar-refractivity contribution in [1.82, 2.24) is 9.13 Å². The van der Waals surface area contributed by atoms with Crippen LogP contribution in [0.1, 0.15) is 18.9 Å². The van der Waals surface area contributed by atoms with Gasteiger partial charge in [0.2, 0.25) is 0 Å². The van der Waals surface area contributed by atoms with Gasteiger partial charge in [-0.2, -0.15) is 0 Å². The second kappa shape index (κ2) is 6.49. The second-order valence-corrected chi connectivity index (χ2v) is 6.01. The fourth-order valence-corrected chi connectivity index (χ4v) is 2.77. The van der Waals surface area contributed by atoms with E-state index in [1.165, 1.54) is 10.8 Å². The monoisotopic (exact) mass is 371 g/mol. The topological polar surface area (TPSA) is 70.0 Å². The third kappa shape index (κ3) is 3.39. The first-order valence-corrected chi connectivity index (χ1v) is 7.64. The highest BCUT2D eigenvalue weighted by molar-refractivity contribution is 9.10. The van der Waals surface area contributed by atoms with Crippen LogP contribution < -0.4 is 17.0 Å². The Labute approximate surface area is 135 Å². The maximum absolute atomic E-state index is 12.3. The zero-order valence-corrected chi connectivity index (χ0v) is 13.8. The Balaban J connectivity index is 2.53. The Kier molecular flexibility index (Phi) is 4.90. The summed E-state index contributed by atoms with van der Waals surface area (Å²) in [5, 5.41) is 0.486. The SMILES string of the molecule is CCCn1cc(N)c(=O)n(Cc2ccc(Br)cc2Cl)c1=O. The lowest BCUT2D eigenvalue weighted by Crippen LogP contribution is -2.41. The van der Waals surface area contributed by atoms with Gasteiger partial charge in [-0.1, -0.05) is 40.5 Å². The van der Waals surface area contributed by atoms with Crippen LogP contribution in [0.25, 0.3) is 0 Å². The normalized spacial score (nSPS) is 10.8. The van der Waals surface area contributed by atoms with Gasteiger partial charge in [-0.15, -0.1) is 0 Å². The Morgan fingerprint density at radius 2 is 2.05 bits per heavy atom. The molecule has 0 radical (unpaired) electrons. The van der Waals surface area contributed by atoms with Gasteiger partial charge >= 0.3 is 5.69 Å². The molecule has 0 fully saturated rings. The van der Waals surface area contributed by atoms with Crippen LogP contribution in [0.5, 0.6) is 0 Å². The van der Waals surface area contributed by atoms with Crippen molar-refractivity contribution >= 4 is 33.2 Å². The van der Waals surface area contributed by atoms with E-state index in [1.54, 1.807) is 12.1 Å². The fraction of sp³-hybridized carbons (Fsp3) is 0.286. The molecule has 1 aromatic carbocycles. The van der Waals surface area contributed by atoms with E-state index >= 15 is 0 Å². The predicted octanol–water partition coefficient (Wildman–Crippen LogP) is 2.47. The first-order valence-electron chi connectivity index (χ1n) is 6.47. The van der Waals surface area contributed by atoms with Crippen molar-refractivity contribution < 1.29 is 0 Å². The van der Waals surface area contributed by atoms with E-state index < -0.39 is 5.56 Å². The van der Waals surface area contributed by atoms with Crippen molar-refractivity contribution in [2.24, 2.45) is 0 Å². The molecule has 0 unspecified atom stereocenters. The molecular weight excluding hydrogens is 358 g/mol. The summed E-state index contributed by atoms with van der Waals surface area (Å²) in [4.78, 5) is 24.4. The number of aromatic nitrogens is 2. The molecule has 0 spiro atoms. The smallest absolute Gasteiger partial charge is 0.331 e. The molecule has 2 N–H and O–H groups in total. The van der Waals surface area contributed by atoms with Crippen LogP contribution >= 0.6 is 27.5 Å². The maximum atomic E-state index is 12.3. The molecule has 0 amide bonds. The average molecular weight is 373 g/mol. The van der Waals surface area contributed by atoms with Crippen molar-refractivity contribution in [1.29, 1.82) is 0 Å². The standard InChI is InChI=1S/C14H15BrClN3O2/c1-2-5-18-8-12(17)13(20)19(14(18)21)7-9-3-4-10(15)6-11(9)16/h3-4,6,8H,2,5,7,17H2,1H3. The van der Waals surface area contributed by atoms with Crippen LogP contribution in [-0.2, 0) is 13.1 Å². The van der Waals surface area contributed by atoms with Gasteiger partial charge in [-0.3, -0.25) is 13.9 Å². The van der Waals surface area contributed by atoms with Crippen molar-refractivity contribution in [3.8, 4) is 0 Å². The summed E-state index contributed by atoms with van der Waals surface area (Å²) in [6, 6.07) is 5.30. The lowest BCUT2D eigenvalue weighted by atomic mass is 10.2. The summed E-state index contributed by atoms with van der Waals surface area (Å²) in [6.45, 7) is 2.56. The summed E-state index contributed by atoms with van der Waals surface area (Å²) in [7, 11) is 0. The van der Waals surface area contributed by atoms with E-state index in [2.05, 4.69) is 15.9 Å². The minimum atomic E-state index is -0.494. The van der Waals surface area contributed by atoms with E-state index in [4.69, 9.17) is 17.3 Å². The number of rotatable bonds is 4. The molecule has 5 nitrogen and oxygen atoms in total. The lowest BCUT2D eigenvalue weighted by molar-refractivity contribution is 0.573. The first-order chi connectivity index (χ1) is 9.93. The molecule has 2 aromatic rings. The number of aryl methyl sites for hydroxylation is 1. The number of anilines is 1. The summed E-state index contributed by atoms with van der Waals surface area (Å²) < 4.78 is 3.39. The quantitative estimate of drug-likeness (QED) is 0.896. The third-order valence-electron chi connectivity index (χ3n) is 3.07. The van der Waals surface area contributed by atoms with E-state index in [9.17, 15) is 9.59 Å². The van der Waals surface area contributed by atoms with Crippen LogP contribution in [0.4, 0.5) is 5.69 Å². The van der Waals surface area contributed by atoms with Gasteiger partial charge in [-0.05, 0) is 24.1 Å². The van der Waals surface area contributed by atoms with Crippen LogP contribution in [0.3, 0.4) is 0 Å². The van der Waals surface area contributed by atoms with E-state index in [-0.39, 0.29) is 17.9 Å². The van der Waals surface area contributed by atoms with Crippen LogP contribution in [0.2, 0.25) is 5.02 Å². The lowest BCUT2D eigenvalue weighted by Gasteiger charge is -2.12. The van der Waals surface area contributed by atoms with Gasteiger partial charge in [0.15, 0.2) is 0 Å². The van der Waals surface area contributed by atoms with Gasteiger partial charge in [0.25, 0.3) is 5.56 Å². The molecule has 0 atom stereocenters. The number of halogens is 2. The van der Waals surface area contributed by atoms with E-state index in [0.717, 1.165) is 15.5 Å². The zero-order chi connectivity index (χ0) is 15.6. The number of hydrogen-bond acceptors (Lipinski definition) is 3. The highest BCUT2D eigenvalue weighted by Gasteiger charge is 2.11. The van der Waals surface area contributed by atoms with Gasteiger partial charge in [-0.25, -0.2) is 4.79 Å². The average Bonchev–Trinajstić information content (AvgIpc) is 2.43. The molecule has 0 aliphatic carbocycles. The van der Waals surface area contributed by atoms with Crippen molar-refractivity contribution in [3.05, 3.63) is 60.3 Å². The predicted molar refractivity (Wildman–Crippen MR) is 87.9 cm³/mol. The van der Waals surface area contributed by atoms with Gasteiger partial charge in [0, 0.05) is 22.2 Å². The highest BCUT2D eigenvalue weighted by atomic mass is 79.9. The number of benzene rings is 1. The molecule has 1 aromatic heterocycles. The summed E-state index contributed by atoms with van der Waals surface area (Å²) in [5.74, 6) is 0. The summed E-state index contributed by atoms with van der Waals surface area (Å²) >= 11 is 9.45. The molecule has 112 valence electrons. The Morgan fingerprint density at radius 3 is 2.67 bits per heavy atom. The molecular formula is C14H15BrClN3O2. The summed E-state index contributed by atoms with van der Waals surface area (Å²) in [5.41, 5.74) is 5.57. The largest absolute Gasteiger partial charge is 0.393 e. The Morgan fingerprint density at radius 1 is 1.33 bits per heavy atom. The van der Waals surface area contributed by atoms with Gasteiger partial charge in [0.05, 0.1) is 6.54 Å². The Bertz CT molecular complexity index is 783. The molecule has 0 bridgehead atoms. The third-order valence-corrected chi connectivity index (χ3v) is 3.92. The molecule has 0 saturated carbocycles. The first kappa shape index (κ1) is 15.9. The van der Waals surface area contributed by atoms with E-state index in [1.807, 2.05) is 13.0 Å². The van der Waals surface area contributed by atoms with Crippen LogP contribution in [0, 0.1) is 0 Å². The minimum Gasteiger partial charge on any atom is -0.393 e. The van der Waals surface area contributed by atoms with Crippen LogP contribution in [0.15, 0.2) is 38.5 Å². The molecule has 1 heterocycles. The number of nitrogens with zero attached hydrogens (tertiary/aromatic N) is 2. The maximum Gasteiger partial charge on any atom is 0.331 e. The van der Waals surface area contributed by atoms with E-state index in [0.29, 0.717) is 17.1 Å². The zero-order valence-electron chi connectivity index (χ0n) is 11.5. The van der Waals surface area contributed by atoms with Gasteiger partial charge < -0.3 is 5.73 Å². The van der Waals surface area contributed by atoms with Crippen molar-refractivity contribution in [2.45, 2.75) is 26.4 Å². The minimum absolute atomic E-state index is 0.0521. The number of hydrogen-bond donors (Lipinski definition) is 1.